The van der Waals surface area contributed by atoms with E-state index in [0.717, 1.165) is 6.42 Å². The highest BCUT2D eigenvalue weighted by molar-refractivity contribution is 5.76. The third-order valence-electron chi connectivity index (χ3n) is 5.90. The van der Waals surface area contributed by atoms with Gasteiger partial charge in [0.25, 0.3) is 0 Å². The molecule has 0 saturated heterocycles. The number of benzene rings is 2. The van der Waals surface area contributed by atoms with Gasteiger partial charge in [0, 0.05) is 5.41 Å². The third kappa shape index (κ3) is 3.43. The molecule has 0 bridgehead atoms. The monoisotopic (exact) mass is 344 g/mol. The topological polar surface area (TPSA) is 0 Å². The first-order valence-corrected chi connectivity index (χ1v) is 9.69. The van der Waals surface area contributed by atoms with Crippen LogP contribution in [-0.4, -0.2) is 0 Å². The summed E-state index contributed by atoms with van der Waals surface area (Å²) in [6, 6.07) is 20.0. The van der Waals surface area contributed by atoms with E-state index in [9.17, 15) is 0 Å². The Kier molecular flexibility index (Phi) is 4.73. The minimum Gasteiger partial charge on any atom is -0.0755 e. The van der Waals surface area contributed by atoms with Crippen molar-refractivity contribution in [3.05, 3.63) is 89.5 Å². The molecule has 1 aliphatic carbocycles. The minimum atomic E-state index is 0.0448. The molecule has 0 fully saturated rings. The highest BCUT2D eigenvalue weighted by atomic mass is 14.4. The van der Waals surface area contributed by atoms with Crippen molar-refractivity contribution in [2.75, 3.05) is 0 Å². The Bertz CT molecular complexity index is 805. The zero-order chi connectivity index (χ0) is 19.0. The first-order chi connectivity index (χ1) is 12.1. The van der Waals surface area contributed by atoms with Gasteiger partial charge in [0.05, 0.1) is 0 Å². The minimum absolute atomic E-state index is 0.0448. The summed E-state index contributed by atoms with van der Waals surface area (Å²) in [6.07, 6.45) is 8.22. The molecule has 0 aromatic heterocycles. The Hall–Kier alpha value is -2.08. The first-order valence-electron chi connectivity index (χ1n) is 9.69. The smallest absolute Gasteiger partial charge is 0.0218 e. The zero-order valence-corrected chi connectivity index (χ0v) is 17.1. The second kappa shape index (κ2) is 6.58. The lowest BCUT2D eigenvalue weighted by Gasteiger charge is -2.44. The second-order valence-electron chi connectivity index (χ2n) is 9.61. The van der Waals surface area contributed by atoms with Gasteiger partial charge >= 0.3 is 0 Å². The van der Waals surface area contributed by atoms with Gasteiger partial charge in [-0.25, -0.2) is 0 Å². The molecule has 0 N–H and O–H groups in total. The molecule has 3 rings (SSSR count). The largest absolute Gasteiger partial charge is 0.0755 e. The molecule has 0 amide bonds. The molecule has 1 aliphatic rings. The molecule has 26 heavy (non-hydrogen) atoms. The summed E-state index contributed by atoms with van der Waals surface area (Å²) in [7, 11) is 0. The van der Waals surface area contributed by atoms with Crippen LogP contribution in [0.5, 0.6) is 0 Å². The van der Waals surface area contributed by atoms with E-state index in [1.54, 1.807) is 0 Å². The summed E-state index contributed by atoms with van der Waals surface area (Å²) in [5, 5.41) is 0. The molecule has 2 aromatic carbocycles. The SMILES string of the molecule is CC(C)(C)c1ccc(C2=CCC(c3ccccc3)(C(C)(C)C)C=C2)cc1. The fraction of sp³-hybridized carbons (Fsp3) is 0.385. The van der Waals surface area contributed by atoms with Crippen molar-refractivity contribution in [2.24, 2.45) is 5.41 Å². The van der Waals surface area contributed by atoms with Gasteiger partial charge in [-0.3, -0.25) is 0 Å². The van der Waals surface area contributed by atoms with Gasteiger partial charge in [-0.15, -0.1) is 0 Å². The maximum absolute atomic E-state index is 2.44. The van der Waals surface area contributed by atoms with Gasteiger partial charge in [0.1, 0.15) is 0 Å². The summed E-state index contributed by atoms with van der Waals surface area (Å²) in [6.45, 7) is 13.8. The molecule has 0 heteroatoms. The van der Waals surface area contributed by atoms with Crippen molar-refractivity contribution in [1.29, 1.82) is 0 Å². The van der Waals surface area contributed by atoms with Crippen LogP contribution in [0.3, 0.4) is 0 Å². The highest BCUT2D eigenvalue weighted by Crippen LogP contribution is 2.48. The van der Waals surface area contributed by atoms with Gasteiger partial charge in [-0.2, -0.15) is 0 Å². The van der Waals surface area contributed by atoms with Crippen LogP contribution >= 0.6 is 0 Å². The Morgan fingerprint density at radius 3 is 1.85 bits per heavy atom. The molecule has 136 valence electrons. The van der Waals surface area contributed by atoms with Gasteiger partial charge < -0.3 is 0 Å². The first kappa shape index (κ1) is 18.7. The van der Waals surface area contributed by atoms with E-state index >= 15 is 0 Å². The van der Waals surface area contributed by atoms with E-state index in [2.05, 4.69) is 114 Å². The predicted octanol–water partition coefficient (Wildman–Crippen LogP) is 7.31. The Morgan fingerprint density at radius 1 is 0.769 bits per heavy atom. The summed E-state index contributed by atoms with van der Waals surface area (Å²) < 4.78 is 0. The molecule has 1 atom stereocenters. The molecule has 0 nitrogen and oxygen atoms in total. The molecule has 0 saturated carbocycles. The zero-order valence-electron chi connectivity index (χ0n) is 17.1. The lowest BCUT2D eigenvalue weighted by atomic mass is 9.59. The average Bonchev–Trinajstić information content (AvgIpc) is 2.61. The highest BCUT2D eigenvalue weighted by Gasteiger charge is 2.41. The third-order valence-corrected chi connectivity index (χ3v) is 5.90. The Labute approximate surface area is 159 Å². The molecular formula is C26H32. The van der Waals surface area contributed by atoms with Crippen LogP contribution in [0.4, 0.5) is 0 Å². The molecule has 0 spiro atoms. The van der Waals surface area contributed by atoms with E-state index < -0.39 is 0 Å². The predicted molar refractivity (Wildman–Crippen MR) is 114 cm³/mol. The van der Waals surface area contributed by atoms with Crippen LogP contribution < -0.4 is 0 Å². The lowest BCUT2D eigenvalue weighted by molar-refractivity contribution is 0.237. The van der Waals surface area contributed by atoms with Crippen LogP contribution in [0.25, 0.3) is 5.57 Å². The summed E-state index contributed by atoms with van der Waals surface area (Å²) in [5.41, 5.74) is 5.83. The average molecular weight is 345 g/mol. The van der Waals surface area contributed by atoms with Crippen molar-refractivity contribution >= 4 is 5.57 Å². The van der Waals surface area contributed by atoms with Crippen molar-refractivity contribution in [1.82, 2.24) is 0 Å². The Morgan fingerprint density at radius 2 is 1.38 bits per heavy atom. The molecular weight excluding hydrogens is 312 g/mol. The van der Waals surface area contributed by atoms with Gasteiger partial charge in [0.15, 0.2) is 0 Å². The molecule has 0 radical (unpaired) electrons. The number of allylic oxidation sites excluding steroid dienone is 4. The van der Waals surface area contributed by atoms with Crippen molar-refractivity contribution in [3.8, 4) is 0 Å². The van der Waals surface area contributed by atoms with Gasteiger partial charge in [-0.1, -0.05) is 114 Å². The standard InChI is InChI=1S/C26H32/c1-24(2,3)22-14-12-20(13-15-22)21-16-18-26(19-17-21,25(4,5)6)23-10-8-7-9-11-23/h7-18H,19H2,1-6H3. The van der Waals surface area contributed by atoms with E-state index in [1.165, 1.54) is 22.3 Å². The molecule has 0 aliphatic heterocycles. The van der Waals surface area contributed by atoms with Crippen LogP contribution in [0.2, 0.25) is 0 Å². The van der Waals surface area contributed by atoms with E-state index in [4.69, 9.17) is 0 Å². The van der Waals surface area contributed by atoms with Gasteiger partial charge in [-0.05, 0) is 39.5 Å². The number of hydrogen-bond acceptors (Lipinski definition) is 0. The maximum Gasteiger partial charge on any atom is 0.0218 e. The quantitative estimate of drug-likeness (QED) is 0.535. The maximum atomic E-state index is 2.44. The van der Waals surface area contributed by atoms with Crippen LogP contribution in [0.15, 0.2) is 72.8 Å². The van der Waals surface area contributed by atoms with Crippen LogP contribution in [0, 0.1) is 5.41 Å². The molecule has 2 aromatic rings. The lowest BCUT2D eigenvalue weighted by Crippen LogP contribution is -2.39. The van der Waals surface area contributed by atoms with E-state index in [1.807, 2.05) is 0 Å². The fourth-order valence-corrected chi connectivity index (χ4v) is 3.95. The summed E-state index contributed by atoms with van der Waals surface area (Å²) in [4.78, 5) is 0. The van der Waals surface area contributed by atoms with Crippen molar-refractivity contribution in [2.45, 2.75) is 58.8 Å². The summed E-state index contributed by atoms with van der Waals surface area (Å²) in [5.74, 6) is 0. The number of rotatable bonds is 2. The molecule has 1 unspecified atom stereocenters. The van der Waals surface area contributed by atoms with Crippen LogP contribution in [-0.2, 0) is 10.8 Å². The molecule has 0 heterocycles. The second-order valence-corrected chi connectivity index (χ2v) is 9.61. The van der Waals surface area contributed by atoms with Crippen molar-refractivity contribution in [3.63, 3.8) is 0 Å². The summed E-state index contributed by atoms with van der Waals surface area (Å²) >= 11 is 0. The number of hydrogen-bond donors (Lipinski definition) is 0. The normalized spacial score (nSPS) is 20.8. The van der Waals surface area contributed by atoms with E-state index in [0.29, 0.717) is 0 Å². The fourth-order valence-electron chi connectivity index (χ4n) is 3.95. The van der Waals surface area contributed by atoms with Crippen LogP contribution in [0.1, 0.15) is 64.7 Å². The van der Waals surface area contributed by atoms with Crippen molar-refractivity contribution < 1.29 is 0 Å². The van der Waals surface area contributed by atoms with Gasteiger partial charge in [0.2, 0.25) is 0 Å². The van der Waals surface area contributed by atoms with E-state index in [-0.39, 0.29) is 16.2 Å². The Balaban J connectivity index is 1.93.